The van der Waals surface area contributed by atoms with Crippen LogP contribution in [0.25, 0.3) is 11.2 Å². The number of hydrogen-bond acceptors (Lipinski definition) is 8. The summed E-state index contributed by atoms with van der Waals surface area (Å²) in [5.41, 5.74) is 10.5. The van der Waals surface area contributed by atoms with Crippen LogP contribution in [-0.4, -0.2) is 39.0 Å². The van der Waals surface area contributed by atoms with Gasteiger partial charge in [-0.2, -0.15) is 4.98 Å². The Morgan fingerprint density at radius 2 is 2.04 bits per heavy atom. The van der Waals surface area contributed by atoms with Crippen LogP contribution in [-0.2, 0) is 16.0 Å². The lowest BCUT2D eigenvalue weighted by Gasteiger charge is -2.17. The summed E-state index contributed by atoms with van der Waals surface area (Å²) in [6.07, 6.45) is 3.55. The van der Waals surface area contributed by atoms with Gasteiger partial charge in [-0.25, -0.2) is 15.8 Å². The minimum absolute atomic E-state index is 0.0724. The first-order chi connectivity index (χ1) is 12.7. The number of nitrogens with two attached hydrogens (primary N) is 2. The van der Waals surface area contributed by atoms with Crippen molar-refractivity contribution in [3.63, 3.8) is 0 Å². The molecule has 0 bridgehead atoms. The Labute approximate surface area is 152 Å². The Kier molecular flexibility index (Phi) is 5.88. The molecule has 0 aliphatic heterocycles. The molecule has 1 fully saturated rings. The predicted molar refractivity (Wildman–Crippen MR) is 97.3 cm³/mol. The van der Waals surface area contributed by atoms with Gasteiger partial charge in [-0.3, -0.25) is 5.43 Å². The number of imidazole rings is 1. The minimum atomic E-state index is -0.373. The first kappa shape index (κ1) is 18.4. The van der Waals surface area contributed by atoms with Gasteiger partial charge < -0.3 is 19.8 Å². The SMILES string of the molecule is CCOC(Cn1cnc2c(C(C#CNN)C3CC3)nc(N)nc21)OCC. The third-order valence-electron chi connectivity index (χ3n) is 4.25. The van der Waals surface area contributed by atoms with Crippen molar-refractivity contribution < 1.29 is 9.47 Å². The van der Waals surface area contributed by atoms with Crippen molar-refractivity contribution in [2.45, 2.75) is 45.4 Å². The smallest absolute Gasteiger partial charge is 0.222 e. The summed E-state index contributed by atoms with van der Waals surface area (Å²) in [6.45, 7) is 5.45. The Balaban J connectivity index is 1.98. The maximum atomic E-state index is 5.97. The van der Waals surface area contributed by atoms with E-state index in [2.05, 4.69) is 32.3 Å². The molecule has 0 amide bonds. The fourth-order valence-electron chi connectivity index (χ4n) is 2.98. The fraction of sp³-hybridized carbons (Fsp3) is 0.588. The van der Waals surface area contributed by atoms with E-state index in [1.807, 2.05) is 18.4 Å². The molecule has 0 radical (unpaired) electrons. The summed E-state index contributed by atoms with van der Waals surface area (Å²) in [4.78, 5) is 13.3. The summed E-state index contributed by atoms with van der Waals surface area (Å²) in [7, 11) is 0. The zero-order chi connectivity index (χ0) is 18.5. The van der Waals surface area contributed by atoms with Crippen molar-refractivity contribution in [3.05, 3.63) is 12.0 Å². The highest BCUT2D eigenvalue weighted by molar-refractivity contribution is 5.76. The average molecular weight is 359 g/mol. The number of hydrazine groups is 1. The van der Waals surface area contributed by atoms with Crippen LogP contribution in [0.15, 0.2) is 6.33 Å². The Hall–Kier alpha value is -2.41. The maximum absolute atomic E-state index is 5.97. The molecule has 1 unspecified atom stereocenters. The van der Waals surface area contributed by atoms with E-state index >= 15 is 0 Å². The number of rotatable bonds is 8. The van der Waals surface area contributed by atoms with Crippen LogP contribution in [0.4, 0.5) is 5.95 Å². The van der Waals surface area contributed by atoms with Gasteiger partial charge in [0.25, 0.3) is 0 Å². The predicted octanol–water partition coefficient (Wildman–Crippen LogP) is 0.725. The highest BCUT2D eigenvalue weighted by atomic mass is 16.7. The first-order valence-electron chi connectivity index (χ1n) is 8.85. The largest absolute Gasteiger partial charge is 0.368 e. The molecule has 1 aliphatic carbocycles. The van der Waals surface area contributed by atoms with Crippen LogP contribution in [0, 0.1) is 17.9 Å². The Morgan fingerprint density at radius 3 is 2.65 bits per heavy atom. The van der Waals surface area contributed by atoms with Crippen molar-refractivity contribution in [2.24, 2.45) is 11.8 Å². The van der Waals surface area contributed by atoms with Crippen LogP contribution in [0.3, 0.4) is 0 Å². The van der Waals surface area contributed by atoms with Crippen LogP contribution >= 0.6 is 0 Å². The van der Waals surface area contributed by atoms with Gasteiger partial charge in [0.05, 0.1) is 24.5 Å². The molecule has 1 saturated carbocycles. The molecule has 2 aromatic rings. The zero-order valence-electron chi connectivity index (χ0n) is 15.1. The van der Waals surface area contributed by atoms with Crippen LogP contribution in [0.2, 0.25) is 0 Å². The number of nitrogens with one attached hydrogen (secondary N) is 1. The molecule has 0 spiro atoms. The van der Waals surface area contributed by atoms with Crippen molar-refractivity contribution in [1.29, 1.82) is 0 Å². The zero-order valence-corrected chi connectivity index (χ0v) is 15.1. The van der Waals surface area contributed by atoms with Crippen molar-refractivity contribution in [3.8, 4) is 12.0 Å². The number of aromatic nitrogens is 4. The molecule has 0 aromatic carbocycles. The van der Waals surface area contributed by atoms with Gasteiger partial charge in [-0.1, -0.05) is 5.92 Å². The summed E-state index contributed by atoms with van der Waals surface area (Å²) >= 11 is 0. The number of fused-ring (bicyclic) bond motifs is 1. The molecule has 1 aliphatic rings. The van der Waals surface area contributed by atoms with Gasteiger partial charge in [0, 0.05) is 19.3 Å². The highest BCUT2D eigenvalue weighted by Gasteiger charge is 2.34. The maximum Gasteiger partial charge on any atom is 0.222 e. The summed E-state index contributed by atoms with van der Waals surface area (Å²) in [6, 6.07) is 2.73. The lowest BCUT2D eigenvalue weighted by atomic mass is 9.99. The molecule has 1 atom stereocenters. The van der Waals surface area contributed by atoms with E-state index in [1.165, 1.54) is 0 Å². The normalized spacial score (nSPS) is 15.1. The van der Waals surface area contributed by atoms with Crippen molar-refractivity contribution in [1.82, 2.24) is 24.9 Å². The van der Waals surface area contributed by atoms with E-state index in [0.29, 0.717) is 36.8 Å². The fourth-order valence-corrected chi connectivity index (χ4v) is 2.98. The second-order valence-corrected chi connectivity index (χ2v) is 6.11. The Morgan fingerprint density at radius 1 is 1.31 bits per heavy atom. The highest BCUT2D eigenvalue weighted by Crippen LogP contribution is 2.43. The minimum Gasteiger partial charge on any atom is -0.368 e. The topological polar surface area (TPSA) is 126 Å². The molecular formula is C17H25N7O2. The van der Waals surface area contributed by atoms with Gasteiger partial charge in [0.15, 0.2) is 11.9 Å². The lowest BCUT2D eigenvalue weighted by molar-refractivity contribution is -0.143. The second-order valence-electron chi connectivity index (χ2n) is 6.11. The van der Waals surface area contributed by atoms with E-state index in [-0.39, 0.29) is 18.2 Å². The molecule has 2 heterocycles. The molecule has 5 N–H and O–H groups in total. The van der Waals surface area contributed by atoms with Gasteiger partial charge >= 0.3 is 0 Å². The van der Waals surface area contributed by atoms with E-state index in [9.17, 15) is 0 Å². The first-order valence-corrected chi connectivity index (χ1v) is 8.85. The third-order valence-corrected chi connectivity index (χ3v) is 4.25. The molecule has 9 heteroatoms. The summed E-state index contributed by atoms with van der Waals surface area (Å²) in [5.74, 6) is 9.00. The van der Waals surface area contributed by atoms with E-state index < -0.39 is 0 Å². The van der Waals surface area contributed by atoms with Crippen LogP contribution in [0.5, 0.6) is 0 Å². The number of nitrogen functional groups attached to an aromatic ring is 1. The van der Waals surface area contributed by atoms with E-state index in [4.69, 9.17) is 21.1 Å². The number of hydrogen-bond donors (Lipinski definition) is 3. The number of anilines is 1. The monoisotopic (exact) mass is 359 g/mol. The number of ether oxygens (including phenoxy) is 2. The molecular weight excluding hydrogens is 334 g/mol. The summed E-state index contributed by atoms with van der Waals surface area (Å²) < 4.78 is 13.1. The lowest BCUT2D eigenvalue weighted by Crippen LogP contribution is -2.23. The van der Waals surface area contributed by atoms with Crippen LogP contribution < -0.4 is 17.0 Å². The molecule has 140 valence electrons. The molecule has 0 saturated heterocycles. The van der Waals surface area contributed by atoms with E-state index in [1.54, 1.807) is 6.33 Å². The van der Waals surface area contributed by atoms with Gasteiger partial charge in [-0.15, -0.1) is 0 Å². The third kappa shape index (κ3) is 4.04. The van der Waals surface area contributed by atoms with Gasteiger partial charge in [0.1, 0.15) is 5.52 Å². The molecule has 2 aromatic heterocycles. The van der Waals surface area contributed by atoms with Gasteiger partial charge in [-0.05, 0) is 32.6 Å². The van der Waals surface area contributed by atoms with Crippen LogP contribution in [0.1, 0.15) is 38.3 Å². The molecule has 26 heavy (non-hydrogen) atoms. The van der Waals surface area contributed by atoms with E-state index in [0.717, 1.165) is 18.5 Å². The van der Waals surface area contributed by atoms with Gasteiger partial charge in [0.2, 0.25) is 5.95 Å². The molecule has 3 rings (SSSR count). The van der Waals surface area contributed by atoms with Crippen molar-refractivity contribution in [2.75, 3.05) is 18.9 Å². The standard InChI is InChI=1S/C17H25N7O2/c1-3-25-13(26-4-2)9-24-10-20-15-14(22-17(18)23-16(15)24)12(7-8-21-19)11-5-6-11/h10-13,21H,3-6,9,19H2,1-2H3,(H2,18,22,23). The quantitative estimate of drug-likeness (QED) is 0.207. The average Bonchev–Trinajstić information content (AvgIpc) is 3.38. The van der Waals surface area contributed by atoms with Crippen molar-refractivity contribution >= 4 is 17.1 Å². The number of nitrogens with zero attached hydrogens (tertiary/aromatic N) is 4. The summed E-state index contributed by atoms with van der Waals surface area (Å²) in [5, 5.41) is 0. The molecule has 9 nitrogen and oxygen atoms in total. The second kappa shape index (κ2) is 8.31. The Bertz CT molecular complexity index is 801.